The maximum atomic E-state index is 11.0. The lowest BCUT2D eigenvalue weighted by Gasteiger charge is -2.13. The zero-order valence-electron chi connectivity index (χ0n) is 8.31. The van der Waals surface area contributed by atoms with Crippen LogP contribution in [0.2, 0.25) is 0 Å². The number of benzene rings is 1. The van der Waals surface area contributed by atoms with E-state index in [1.54, 1.807) is 6.08 Å². The summed E-state index contributed by atoms with van der Waals surface area (Å²) in [7, 11) is 0. The summed E-state index contributed by atoms with van der Waals surface area (Å²) in [6.07, 6.45) is 5.34. The molecule has 1 aliphatic carbocycles. The summed E-state index contributed by atoms with van der Waals surface area (Å²) >= 11 is 0. The monoisotopic (exact) mass is 200 g/mol. The highest BCUT2D eigenvalue weighted by Crippen LogP contribution is 2.28. The van der Waals surface area contributed by atoms with E-state index in [1.165, 1.54) is 0 Å². The van der Waals surface area contributed by atoms with Gasteiger partial charge in [-0.05, 0) is 24.0 Å². The van der Waals surface area contributed by atoms with E-state index in [2.05, 4.69) is 0 Å². The summed E-state index contributed by atoms with van der Waals surface area (Å²) in [5.74, 6) is -0.843. The average molecular weight is 200 g/mol. The number of aliphatic carboxylic acids is 1. The number of allylic oxidation sites excluding steroid dienone is 2. The summed E-state index contributed by atoms with van der Waals surface area (Å²) in [5, 5.41) is 9.06. The molecule has 0 amide bonds. The molecule has 0 saturated heterocycles. The molecule has 0 unspecified atom stereocenters. The number of hydrogen-bond acceptors (Lipinski definition) is 1. The van der Waals surface area contributed by atoms with Gasteiger partial charge in [0.1, 0.15) is 0 Å². The van der Waals surface area contributed by atoms with Crippen LogP contribution in [-0.4, -0.2) is 11.1 Å². The van der Waals surface area contributed by atoms with Gasteiger partial charge in [0.25, 0.3) is 0 Å². The van der Waals surface area contributed by atoms with Gasteiger partial charge in [-0.3, -0.25) is 0 Å². The summed E-state index contributed by atoms with van der Waals surface area (Å²) in [4.78, 5) is 11.0. The fourth-order valence-corrected chi connectivity index (χ4v) is 1.80. The molecule has 0 radical (unpaired) electrons. The van der Waals surface area contributed by atoms with Crippen LogP contribution in [0.4, 0.5) is 0 Å². The average Bonchev–Trinajstić information content (AvgIpc) is 2.30. The van der Waals surface area contributed by atoms with Gasteiger partial charge >= 0.3 is 5.97 Å². The Labute approximate surface area is 88.6 Å². The van der Waals surface area contributed by atoms with Crippen molar-refractivity contribution in [1.82, 2.24) is 0 Å². The Kier molecular flexibility index (Phi) is 2.68. The van der Waals surface area contributed by atoms with Crippen molar-refractivity contribution < 1.29 is 9.90 Å². The predicted octanol–water partition coefficient (Wildman–Crippen LogP) is 2.87. The first-order valence-corrected chi connectivity index (χ1v) is 4.97. The van der Waals surface area contributed by atoms with Gasteiger partial charge in [-0.15, -0.1) is 0 Å². The lowest BCUT2D eigenvalue weighted by Crippen LogP contribution is -2.04. The molecule has 76 valence electrons. The second kappa shape index (κ2) is 4.13. The van der Waals surface area contributed by atoms with Gasteiger partial charge < -0.3 is 5.11 Å². The number of hydrogen-bond donors (Lipinski definition) is 1. The molecule has 2 rings (SSSR count). The summed E-state index contributed by atoms with van der Waals surface area (Å²) in [6, 6.07) is 9.71. The SMILES string of the molecule is O=C(O)C1=C(c2ccccc2)CCC=C1. The second-order valence-corrected chi connectivity index (χ2v) is 3.50. The topological polar surface area (TPSA) is 37.3 Å². The molecular formula is C13H12O2. The number of carboxylic acid groups (broad SMARTS) is 1. The van der Waals surface area contributed by atoms with E-state index in [9.17, 15) is 4.79 Å². The van der Waals surface area contributed by atoms with E-state index in [1.807, 2.05) is 36.4 Å². The first kappa shape index (κ1) is 9.71. The Bertz CT molecular complexity index is 427. The molecule has 2 heteroatoms. The van der Waals surface area contributed by atoms with Crippen LogP contribution in [0.1, 0.15) is 18.4 Å². The lowest BCUT2D eigenvalue weighted by molar-refractivity contribution is -0.132. The fourth-order valence-electron chi connectivity index (χ4n) is 1.80. The van der Waals surface area contributed by atoms with E-state index >= 15 is 0 Å². The van der Waals surface area contributed by atoms with Crippen molar-refractivity contribution in [2.45, 2.75) is 12.8 Å². The van der Waals surface area contributed by atoms with Crippen molar-refractivity contribution in [2.24, 2.45) is 0 Å². The highest BCUT2D eigenvalue weighted by Gasteiger charge is 2.15. The molecule has 0 heterocycles. The van der Waals surface area contributed by atoms with Crippen molar-refractivity contribution in [3.05, 3.63) is 53.6 Å². The molecule has 0 atom stereocenters. The molecule has 1 aliphatic rings. The molecule has 0 aliphatic heterocycles. The first-order valence-electron chi connectivity index (χ1n) is 4.97. The quantitative estimate of drug-likeness (QED) is 0.797. The zero-order valence-corrected chi connectivity index (χ0v) is 8.31. The van der Waals surface area contributed by atoms with Crippen LogP contribution < -0.4 is 0 Å². The smallest absolute Gasteiger partial charge is 0.335 e. The minimum atomic E-state index is -0.843. The van der Waals surface area contributed by atoms with Crippen molar-refractivity contribution >= 4 is 11.5 Å². The Balaban J connectivity index is 2.49. The Morgan fingerprint density at radius 1 is 1.20 bits per heavy atom. The molecule has 1 N–H and O–H groups in total. The van der Waals surface area contributed by atoms with Gasteiger partial charge in [0.15, 0.2) is 0 Å². The third kappa shape index (κ3) is 1.99. The van der Waals surface area contributed by atoms with Crippen LogP contribution >= 0.6 is 0 Å². The zero-order chi connectivity index (χ0) is 10.7. The molecule has 0 fully saturated rings. The molecule has 0 aromatic heterocycles. The highest BCUT2D eigenvalue weighted by molar-refractivity contribution is 5.99. The Morgan fingerprint density at radius 2 is 1.93 bits per heavy atom. The third-order valence-electron chi connectivity index (χ3n) is 2.52. The van der Waals surface area contributed by atoms with Crippen LogP contribution in [0, 0.1) is 0 Å². The van der Waals surface area contributed by atoms with Crippen LogP contribution in [0.3, 0.4) is 0 Å². The van der Waals surface area contributed by atoms with E-state index in [0.717, 1.165) is 24.0 Å². The van der Waals surface area contributed by atoms with E-state index in [4.69, 9.17) is 5.11 Å². The molecule has 0 bridgehead atoms. The molecule has 2 nitrogen and oxygen atoms in total. The number of carboxylic acids is 1. The van der Waals surface area contributed by atoms with Crippen molar-refractivity contribution in [3.63, 3.8) is 0 Å². The van der Waals surface area contributed by atoms with Gasteiger partial charge in [-0.25, -0.2) is 4.79 Å². The van der Waals surface area contributed by atoms with E-state index in [-0.39, 0.29) is 0 Å². The minimum absolute atomic E-state index is 0.424. The van der Waals surface area contributed by atoms with E-state index < -0.39 is 5.97 Å². The highest BCUT2D eigenvalue weighted by atomic mass is 16.4. The fraction of sp³-hybridized carbons (Fsp3) is 0.154. The summed E-state index contributed by atoms with van der Waals surface area (Å²) in [5.41, 5.74) is 2.37. The normalized spacial score (nSPS) is 15.5. The second-order valence-electron chi connectivity index (χ2n) is 3.50. The largest absolute Gasteiger partial charge is 0.478 e. The predicted molar refractivity (Wildman–Crippen MR) is 59.4 cm³/mol. The van der Waals surface area contributed by atoms with Crippen LogP contribution in [0.25, 0.3) is 5.57 Å². The Morgan fingerprint density at radius 3 is 2.60 bits per heavy atom. The van der Waals surface area contributed by atoms with Crippen molar-refractivity contribution in [2.75, 3.05) is 0 Å². The van der Waals surface area contributed by atoms with Gasteiger partial charge in [0.05, 0.1) is 5.57 Å². The maximum absolute atomic E-state index is 11.0. The van der Waals surface area contributed by atoms with E-state index in [0.29, 0.717) is 5.57 Å². The lowest BCUT2D eigenvalue weighted by atomic mass is 9.92. The summed E-state index contributed by atoms with van der Waals surface area (Å²) < 4.78 is 0. The van der Waals surface area contributed by atoms with Crippen molar-refractivity contribution in [1.29, 1.82) is 0 Å². The molecular weight excluding hydrogens is 188 g/mol. The standard InChI is InChI=1S/C13H12O2/c14-13(15)12-9-5-4-8-11(12)10-6-2-1-3-7-10/h1-3,5-7,9H,4,8H2,(H,14,15). The first-order chi connectivity index (χ1) is 7.29. The van der Waals surface area contributed by atoms with Crippen LogP contribution in [0.5, 0.6) is 0 Å². The number of carbonyl (C=O) groups is 1. The molecule has 0 saturated carbocycles. The van der Waals surface area contributed by atoms with Crippen LogP contribution in [0.15, 0.2) is 48.1 Å². The molecule has 15 heavy (non-hydrogen) atoms. The van der Waals surface area contributed by atoms with Gasteiger partial charge in [-0.1, -0.05) is 42.5 Å². The summed E-state index contributed by atoms with van der Waals surface area (Å²) in [6.45, 7) is 0. The van der Waals surface area contributed by atoms with Crippen LogP contribution in [-0.2, 0) is 4.79 Å². The molecule has 1 aromatic carbocycles. The molecule has 0 spiro atoms. The van der Waals surface area contributed by atoms with Gasteiger partial charge in [0, 0.05) is 0 Å². The minimum Gasteiger partial charge on any atom is -0.478 e. The van der Waals surface area contributed by atoms with Crippen molar-refractivity contribution in [3.8, 4) is 0 Å². The third-order valence-corrected chi connectivity index (χ3v) is 2.52. The van der Waals surface area contributed by atoms with Gasteiger partial charge in [0.2, 0.25) is 0 Å². The Hall–Kier alpha value is -1.83. The van der Waals surface area contributed by atoms with Gasteiger partial charge in [-0.2, -0.15) is 0 Å². The molecule has 1 aromatic rings. The maximum Gasteiger partial charge on any atom is 0.335 e. The number of rotatable bonds is 2.